The van der Waals surface area contributed by atoms with E-state index in [1.165, 1.54) is 18.4 Å². The van der Waals surface area contributed by atoms with Gasteiger partial charge in [-0.2, -0.15) is 0 Å². The minimum atomic E-state index is 0.362. The van der Waals surface area contributed by atoms with Crippen LogP contribution in [-0.4, -0.2) is 13.7 Å². The maximum absolute atomic E-state index is 6.17. The summed E-state index contributed by atoms with van der Waals surface area (Å²) in [5.41, 5.74) is 2.05. The molecule has 0 saturated heterocycles. The molecule has 0 aliphatic carbocycles. The van der Waals surface area contributed by atoms with Gasteiger partial charge >= 0.3 is 0 Å². The first-order valence-corrected chi connectivity index (χ1v) is 8.84. The number of halogens is 2. The van der Waals surface area contributed by atoms with Crippen molar-refractivity contribution in [1.82, 2.24) is 5.32 Å². The highest BCUT2D eigenvalue weighted by Gasteiger charge is 2.08. The van der Waals surface area contributed by atoms with Crippen molar-refractivity contribution in [3.8, 4) is 11.5 Å². The molecule has 3 nitrogen and oxygen atoms in total. The van der Waals surface area contributed by atoms with E-state index in [4.69, 9.17) is 32.7 Å². The van der Waals surface area contributed by atoms with E-state index in [-0.39, 0.29) is 0 Å². The molecule has 2 aromatic rings. The average Bonchev–Trinajstić information content (AvgIpc) is 2.58. The number of unbranched alkanes of at least 4 members (excludes halogenated alkanes) is 1. The van der Waals surface area contributed by atoms with Crippen molar-refractivity contribution in [2.24, 2.45) is 0 Å². The molecule has 0 fully saturated rings. The lowest BCUT2D eigenvalue weighted by Gasteiger charge is -2.13. The van der Waals surface area contributed by atoms with Crippen LogP contribution in [0.3, 0.4) is 0 Å². The molecule has 1 N–H and O–H groups in total. The molecule has 0 heterocycles. The van der Waals surface area contributed by atoms with Crippen LogP contribution in [0.25, 0.3) is 0 Å². The molecule has 0 aliphatic heterocycles. The highest BCUT2D eigenvalue weighted by atomic mass is 35.5. The van der Waals surface area contributed by atoms with E-state index in [2.05, 4.69) is 12.2 Å². The third-order valence-electron chi connectivity index (χ3n) is 3.66. The average molecular weight is 368 g/mol. The Morgan fingerprint density at radius 1 is 1.04 bits per heavy atom. The highest BCUT2D eigenvalue weighted by Crippen LogP contribution is 2.30. The van der Waals surface area contributed by atoms with Crippen LogP contribution in [0.1, 0.15) is 30.9 Å². The third-order valence-corrected chi connectivity index (χ3v) is 4.25. The van der Waals surface area contributed by atoms with Crippen molar-refractivity contribution >= 4 is 23.2 Å². The van der Waals surface area contributed by atoms with Gasteiger partial charge < -0.3 is 14.8 Å². The maximum Gasteiger partial charge on any atom is 0.161 e. The van der Waals surface area contributed by atoms with Gasteiger partial charge in [-0.1, -0.05) is 48.7 Å². The van der Waals surface area contributed by atoms with Gasteiger partial charge in [0.05, 0.1) is 7.11 Å². The quantitative estimate of drug-likeness (QED) is 0.596. The Morgan fingerprint density at radius 2 is 1.88 bits per heavy atom. The first-order valence-electron chi connectivity index (χ1n) is 8.08. The second kappa shape index (κ2) is 9.77. The third kappa shape index (κ3) is 5.59. The SMILES string of the molecule is CCCCNCc1ccc(OCc2ccc(Cl)cc2Cl)c(OC)c1. The van der Waals surface area contributed by atoms with Crippen LogP contribution in [0.5, 0.6) is 11.5 Å². The number of benzene rings is 2. The first-order chi connectivity index (χ1) is 11.6. The lowest BCUT2D eigenvalue weighted by atomic mass is 10.2. The minimum absolute atomic E-state index is 0.362. The summed E-state index contributed by atoms with van der Waals surface area (Å²) >= 11 is 12.1. The van der Waals surface area contributed by atoms with Gasteiger partial charge in [0.15, 0.2) is 11.5 Å². The van der Waals surface area contributed by atoms with Gasteiger partial charge in [0.1, 0.15) is 6.61 Å². The summed E-state index contributed by atoms with van der Waals surface area (Å²) in [5.74, 6) is 1.41. The van der Waals surface area contributed by atoms with E-state index in [1.807, 2.05) is 24.3 Å². The topological polar surface area (TPSA) is 30.5 Å². The molecule has 130 valence electrons. The van der Waals surface area contributed by atoms with Gasteiger partial charge in [-0.25, -0.2) is 0 Å². The predicted octanol–water partition coefficient (Wildman–Crippen LogP) is 5.47. The van der Waals surface area contributed by atoms with Crippen LogP contribution in [-0.2, 0) is 13.2 Å². The molecule has 0 atom stereocenters. The minimum Gasteiger partial charge on any atom is -0.493 e. The molecule has 0 amide bonds. The van der Waals surface area contributed by atoms with Gasteiger partial charge in [-0.05, 0) is 42.8 Å². The Kier molecular flexibility index (Phi) is 7.70. The molecular weight excluding hydrogens is 345 g/mol. The highest BCUT2D eigenvalue weighted by molar-refractivity contribution is 6.35. The lowest BCUT2D eigenvalue weighted by molar-refractivity contribution is 0.284. The normalized spacial score (nSPS) is 10.7. The molecule has 24 heavy (non-hydrogen) atoms. The Balaban J connectivity index is 1.99. The second-order valence-corrected chi connectivity index (χ2v) is 6.38. The second-order valence-electron chi connectivity index (χ2n) is 5.54. The summed E-state index contributed by atoms with van der Waals surface area (Å²) in [5, 5.41) is 4.63. The van der Waals surface area contributed by atoms with Gasteiger partial charge in [0, 0.05) is 22.2 Å². The fourth-order valence-electron chi connectivity index (χ4n) is 2.27. The van der Waals surface area contributed by atoms with E-state index in [1.54, 1.807) is 19.2 Å². The van der Waals surface area contributed by atoms with Crippen molar-refractivity contribution in [1.29, 1.82) is 0 Å². The van der Waals surface area contributed by atoms with Crippen LogP contribution in [0, 0.1) is 0 Å². The molecule has 0 bridgehead atoms. The maximum atomic E-state index is 6.17. The number of methoxy groups -OCH3 is 1. The molecule has 0 aliphatic rings. The van der Waals surface area contributed by atoms with Crippen molar-refractivity contribution < 1.29 is 9.47 Å². The molecule has 0 aromatic heterocycles. The van der Waals surface area contributed by atoms with Crippen molar-refractivity contribution in [3.05, 3.63) is 57.6 Å². The molecule has 2 aromatic carbocycles. The molecule has 0 unspecified atom stereocenters. The fourth-order valence-corrected chi connectivity index (χ4v) is 2.73. The Bertz CT molecular complexity index is 662. The summed E-state index contributed by atoms with van der Waals surface area (Å²) in [6.45, 7) is 4.38. The van der Waals surface area contributed by atoms with Crippen molar-refractivity contribution in [2.45, 2.75) is 32.9 Å². The summed E-state index contributed by atoms with van der Waals surface area (Å²) in [4.78, 5) is 0. The van der Waals surface area contributed by atoms with Crippen LogP contribution in [0.4, 0.5) is 0 Å². The molecular formula is C19H23Cl2NO2. The van der Waals surface area contributed by atoms with Crippen molar-refractivity contribution in [3.63, 3.8) is 0 Å². The van der Waals surface area contributed by atoms with E-state index in [0.717, 1.165) is 24.4 Å². The zero-order valence-electron chi connectivity index (χ0n) is 14.1. The number of hydrogen-bond acceptors (Lipinski definition) is 3. The van der Waals surface area contributed by atoms with E-state index in [0.29, 0.717) is 22.4 Å². The smallest absolute Gasteiger partial charge is 0.161 e. The van der Waals surface area contributed by atoms with E-state index < -0.39 is 0 Å². The molecule has 0 saturated carbocycles. The lowest BCUT2D eigenvalue weighted by Crippen LogP contribution is -2.14. The zero-order chi connectivity index (χ0) is 17.4. The van der Waals surface area contributed by atoms with Crippen LogP contribution in [0.15, 0.2) is 36.4 Å². The monoisotopic (exact) mass is 367 g/mol. The van der Waals surface area contributed by atoms with Crippen LogP contribution >= 0.6 is 23.2 Å². The van der Waals surface area contributed by atoms with E-state index >= 15 is 0 Å². The van der Waals surface area contributed by atoms with Crippen LogP contribution in [0.2, 0.25) is 10.0 Å². The number of hydrogen-bond donors (Lipinski definition) is 1. The van der Waals surface area contributed by atoms with Crippen molar-refractivity contribution in [2.75, 3.05) is 13.7 Å². The molecule has 0 radical (unpaired) electrons. The summed E-state index contributed by atoms with van der Waals surface area (Å²) in [6.07, 6.45) is 2.37. The van der Waals surface area contributed by atoms with E-state index in [9.17, 15) is 0 Å². The van der Waals surface area contributed by atoms with Gasteiger partial charge in [-0.3, -0.25) is 0 Å². The predicted molar refractivity (Wildman–Crippen MR) is 100 cm³/mol. The summed E-state index contributed by atoms with van der Waals surface area (Å²) in [7, 11) is 1.64. The standard InChI is InChI=1S/C19H23Cl2NO2/c1-3-4-9-22-12-14-5-8-18(19(10-14)23-2)24-13-15-6-7-16(20)11-17(15)21/h5-8,10-11,22H,3-4,9,12-13H2,1-2H3. The summed E-state index contributed by atoms with van der Waals surface area (Å²) in [6, 6.07) is 11.3. The van der Waals surface area contributed by atoms with Gasteiger partial charge in [0.2, 0.25) is 0 Å². The molecule has 2 rings (SSSR count). The number of rotatable bonds is 9. The molecule has 5 heteroatoms. The zero-order valence-corrected chi connectivity index (χ0v) is 15.6. The Hall–Kier alpha value is -1.42. The number of nitrogens with one attached hydrogen (secondary N) is 1. The molecule has 0 spiro atoms. The first kappa shape index (κ1) is 18.9. The number of ether oxygens (including phenoxy) is 2. The Labute approximate surface area is 153 Å². The Morgan fingerprint density at radius 3 is 2.58 bits per heavy atom. The van der Waals surface area contributed by atoms with Crippen LogP contribution < -0.4 is 14.8 Å². The largest absolute Gasteiger partial charge is 0.493 e. The summed E-state index contributed by atoms with van der Waals surface area (Å²) < 4.78 is 11.3. The van der Waals surface area contributed by atoms with Gasteiger partial charge in [0.25, 0.3) is 0 Å². The fraction of sp³-hybridized carbons (Fsp3) is 0.368. The van der Waals surface area contributed by atoms with Gasteiger partial charge in [-0.15, -0.1) is 0 Å².